The van der Waals surface area contributed by atoms with Crippen molar-refractivity contribution in [2.75, 3.05) is 5.75 Å². The molecule has 0 bridgehead atoms. The summed E-state index contributed by atoms with van der Waals surface area (Å²) >= 11 is 1.16. The number of aryl methyl sites for hydroxylation is 1. The summed E-state index contributed by atoms with van der Waals surface area (Å²) in [6.07, 6.45) is 0.411. The summed E-state index contributed by atoms with van der Waals surface area (Å²) in [5, 5.41) is 11.3. The van der Waals surface area contributed by atoms with E-state index in [2.05, 4.69) is 53.4 Å². The van der Waals surface area contributed by atoms with Gasteiger partial charge in [-0.3, -0.25) is 14.6 Å². The lowest BCUT2D eigenvalue weighted by molar-refractivity contribution is -0.118. The van der Waals surface area contributed by atoms with E-state index in [9.17, 15) is 9.59 Å². The molecular formula is C24H28N4O2S. The average Bonchev–Trinajstić information content (AvgIpc) is 2.73. The average molecular weight is 437 g/mol. The molecule has 0 radical (unpaired) electrons. The molecule has 0 saturated carbocycles. The number of hydrogen-bond donors (Lipinski definition) is 2. The number of H-pyrrole nitrogens is 1. The van der Waals surface area contributed by atoms with Crippen LogP contribution in [0.3, 0.4) is 0 Å². The van der Waals surface area contributed by atoms with E-state index in [-0.39, 0.29) is 22.6 Å². The Labute approximate surface area is 186 Å². The van der Waals surface area contributed by atoms with Crippen LogP contribution in [0.2, 0.25) is 0 Å². The third-order valence-electron chi connectivity index (χ3n) is 4.89. The number of hydrogen-bond acceptors (Lipinski definition) is 5. The number of aromatic amines is 1. The summed E-state index contributed by atoms with van der Waals surface area (Å²) in [5.74, 6) is 0.0284. The molecule has 162 valence electrons. The Morgan fingerprint density at radius 1 is 1.00 bits per heavy atom. The lowest BCUT2D eigenvalue weighted by Crippen LogP contribution is -2.25. The van der Waals surface area contributed by atoms with E-state index in [1.54, 1.807) is 0 Å². The lowest BCUT2D eigenvalue weighted by Gasteiger charge is -2.19. The molecule has 0 aliphatic carbocycles. The van der Waals surface area contributed by atoms with Crippen LogP contribution in [0.15, 0.2) is 58.5 Å². The van der Waals surface area contributed by atoms with Gasteiger partial charge in [0.05, 0.1) is 5.75 Å². The van der Waals surface area contributed by atoms with E-state index in [0.717, 1.165) is 22.9 Å². The Bertz CT molecular complexity index is 1080. The first-order valence-electron chi connectivity index (χ1n) is 10.2. The van der Waals surface area contributed by atoms with Crippen molar-refractivity contribution in [3.05, 3.63) is 86.8 Å². The van der Waals surface area contributed by atoms with Crippen LogP contribution in [0.4, 0.5) is 0 Å². The van der Waals surface area contributed by atoms with E-state index in [1.807, 2.05) is 43.3 Å². The van der Waals surface area contributed by atoms with Crippen molar-refractivity contribution < 1.29 is 4.79 Å². The number of carbonyl (C=O) groups excluding carboxylic acids is 1. The van der Waals surface area contributed by atoms with Gasteiger partial charge in [-0.25, -0.2) is 0 Å². The number of thioether (sulfide) groups is 1. The summed E-state index contributed by atoms with van der Waals surface area (Å²) in [5.41, 5.74) is 4.62. The lowest BCUT2D eigenvalue weighted by atomic mass is 9.86. The topological polar surface area (TPSA) is 87.7 Å². The van der Waals surface area contributed by atoms with Gasteiger partial charge < -0.3 is 5.32 Å². The fourth-order valence-corrected chi connectivity index (χ4v) is 3.57. The maximum Gasteiger partial charge on any atom is 0.273 e. The molecule has 0 atom stereocenters. The number of nitrogens with one attached hydrogen (secondary N) is 2. The number of rotatable bonds is 7. The molecule has 0 fully saturated rings. The van der Waals surface area contributed by atoms with Gasteiger partial charge in [-0.05, 0) is 29.0 Å². The van der Waals surface area contributed by atoms with Crippen LogP contribution < -0.4 is 10.9 Å². The fraction of sp³-hybridized carbons (Fsp3) is 0.333. The van der Waals surface area contributed by atoms with Crippen LogP contribution in [0, 0.1) is 6.92 Å². The predicted molar refractivity (Wildman–Crippen MR) is 124 cm³/mol. The largest absolute Gasteiger partial charge is 0.351 e. The molecule has 1 heterocycles. The van der Waals surface area contributed by atoms with Crippen molar-refractivity contribution in [1.29, 1.82) is 0 Å². The molecule has 2 aromatic carbocycles. The molecule has 7 heteroatoms. The minimum Gasteiger partial charge on any atom is -0.351 e. The fourth-order valence-electron chi connectivity index (χ4n) is 2.93. The first-order chi connectivity index (χ1) is 14.7. The third-order valence-corrected chi connectivity index (χ3v) is 5.75. The molecule has 3 aromatic rings. The van der Waals surface area contributed by atoms with E-state index in [0.29, 0.717) is 23.8 Å². The number of amides is 1. The molecule has 0 unspecified atom stereocenters. The summed E-state index contributed by atoms with van der Waals surface area (Å²) in [6.45, 7) is 8.98. The smallest absolute Gasteiger partial charge is 0.273 e. The minimum absolute atomic E-state index is 0.0844. The van der Waals surface area contributed by atoms with Crippen molar-refractivity contribution in [2.24, 2.45) is 0 Å². The number of carbonyl (C=O) groups is 1. The normalized spacial score (nSPS) is 11.4. The molecule has 31 heavy (non-hydrogen) atoms. The maximum atomic E-state index is 12.4. The molecule has 2 N–H and O–H groups in total. The second-order valence-electron chi connectivity index (χ2n) is 8.58. The quantitative estimate of drug-likeness (QED) is 0.551. The zero-order chi connectivity index (χ0) is 22.4. The third kappa shape index (κ3) is 6.79. The first kappa shape index (κ1) is 22.7. The molecule has 6 nitrogen and oxygen atoms in total. The molecular weight excluding hydrogens is 408 g/mol. The highest BCUT2D eigenvalue weighted by molar-refractivity contribution is 7.99. The van der Waals surface area contributed by atoms with E-state index in [4.69, 9.17) is 0 Å². The highest BCUT2D eigenvalue weighted by Crippen LogP contribution is 2.22. The van der Waals surface area contributed by atoms with Crippen LogP contribution in [-0.2, 0) is 23.2 Å². The first-order valence-corrected chi connectivity index (χ1v) is 11.2. The van der Waals surface area contributed by atoms with Gasteiger partial charge in [-0.2, -0.15) is 0 Å². The van der Waals surface area contributed by atoms with Crippen LogP contribution in [0.25, 0.3) is 0 Å². The molecule has 0 aliphatic heterocycles. The van der Waals surface area contributed by atoms with Gasteiger partial charge in [-0.1, -0.05) is 86.6 Å². The zero-order valence-corrected chi connectivity index (χ0v) is 19.2. The van der Waals surface area contributed by atoms with Crippen LogP contribution in [0.5, 0.6) is 0 Å². The highest BCUT2D eigenvalue weighted by atomic mass is 32.2. The van der Waals surface area contributed by atoms with Crippen LogP contribution in [-0.4, -0.2) is 26.8 Å². The van der Waals surface area contributed by atoms with Gasteiger partial charge in [0.25, 0.3) is 5.56 Å². The second-order valence-corrected chi connectivity index (χ2v) is 9.54. The number of aromatic nitrogens is 3. The van der Waals surface area contributed by atoms with Crippen molar-refractivity contribution in [3.63, 3.8) is 0 Å². The Kier molecular flexibility index (Phi) is 7.28. The van der Waals surface area contributed by atoms with Gasteiger partial charge in [-0.15, -0.1) is 10.2 Å². The Morgan fingerprint density at radius 2 is 1.65 bits per heavy atom. The van der Waals surface area contributed by atoms with E-state index < -0.39 is 0 Å². The summed E-state index contributed by atoms with van der Waals surface area (Å²) in [7, 11) is 0. The van der Waals surface area contributed by atoms with Crippen molar-refractivity contribution in [3.8, 4) is 0 Å². The monoisotopic (exact) mass is 436 g/mol. The SMILES string of the molecule is Cc1ccc(CNC(=O)CSc2nnc(Cc3ccc(C(C)(C)C)cc3)c(=O)[nH]2)cc1. The molecule has 0 spiro atoms. The van der Waals surface area contributed by atoms with Gasteiger partial charge >= 0.3 is 0 Å². The zero-order valence-electron chi connectivity index (χ0n) is 18.4. The van der Waals surface area contributed by atoms with Crippen LogP contribution >= 0.6 is 11.8 Å². The second kappa shape index (κ2) is 9.92. The Morgan fingerprint density at radius 3 is 2.26 bits per heavy atom. The van der Waals surface area contributed by atoms with E-state index >= 15 is 0 Å². The summed E-state index contributed by atoms with van der Waals surface area (Å²) in [4.78, 5) is 27.2. The maximum absolute atomic E-state index is 12.4. The van der Waals surface area contributed by atoms with Crippen LogP contribution in [0.1, 0.15) is 48.7 Å². The molecule has 0 aliphatic rings. The Balaban J connectivity index is 1.52. The molecule has 1 aromatic heterocycles. The highest BCUT2D eigenvalue weighted by Gasteiger charge is 2.14. The van der Waals surface area contributed by atoms with E-state index in [1.165, 1.54) is 11.1 Å². The number of nitrogens with zero attached hydrogens (tertiary/aromatic N) is 2. The van der Waals surface area contributed by atoms with Gasteiger partial charge in [0.1, 0.15) is 5.69 Å². The van der Waals surface area contributed by atoms with Gasteiger partial charge in [0, 0.05) is 13.0 Å². The molecule has 1 amide bonds. The summed E-state index contributed by atoms with van der Waals surface area (Å²) in [6, 6.07) is 16.2. The number of benzene rings is 2. The summed E-state index contributed by atoms with van der Waals surface area (Å²) < 4.78 is 0. The van der Waals surface area contributed by atoms with Crippen molar-refractivity contribution in [1.82, 2.24) is 20.5 Å². The van der Waals surface area contributed by atoms with Crippen molar-refractivity contribution >= 4 is 17.7 Å². The van der Waals surface area contributed by atoms with Gasteiger partial charge in [0.15, 0.2) is 5.16 Å². The Hall–Kier alpha value is -2.93. The standard InChI is InChI=1S/C24H28N4O2S/c1-16-5-7-18(8-6-16)14-25-21(29)15-31-23-26-22(30)20(27-28-23)13-17-9-11-19(12-10-17)24(2,3)4/h5-12H,13-15H2,1-4H3,(H,25,29)(H,26,28,30). The predicted octanol–water partition coefficient (Wildman–Crippen LogP) is 3.77. The molecule has 3 rings (SSSR count). The minimum atomic E-state index is -0.280. The molecule has 0 saturated heterocycles. The van der Waals surface area contributed by atoms with Crippen molar-refractivity contribution in [2.45, 2.75) is 51.2 Å². The van der Waals surface area contributed by atoms with Gasteiger partial charge in [0.2, 0.25) is 5.91 Å².